The first-order valence-electron chi connectivity index (χ1n) is 4.94. The molecular formula is C12H14O2. The molecule has 0 aromatic heterocycles. The highest BCUT2D eigenvalue weighted by Gasteiger charge is 2.48. The van der Waals surface area contributed by atoms with Crippen LogP contribution in [0.3, 0.4) is 0 Å². The maximum atomic E-state index is 11.5. The summed E-state index contributed by atoms with van der Waals surface area (Å²) in [6, 6.07) is 9.23. The number of carbonyl (C=O) groups is 1. The van der Waals surface area contributed by atoms with Gasteiger partial charge in [0.25, 0.3) is 0 Å². The maximum Gasteiger partial charge on any atom is 0.166 e. The Balaban J connectivity index is 2.41. The number of carbonyl (C=O) groups excluding carboxylic acids is 1. The minimum atomic E-state index is -1.23. The fourth-order valence-electron chi connectivity index (χ4n) is 1.92. The van der Waals surface area contributed by atoms with Crippen LogP contribution in [0.5, 0.6) is 0 Å². The number of Topliss-reactive ketones (excluding diaryl/α,β-unsaturated/α-hetero) is 1. The molecule has 0 spiro atoms. The van der Waals surface area contributed by atoms with Gasteiger partial charge in [0.15, 0.2) is 11.4 Å². The van der Waals surface area contributed by atoms with Gasteiger partial charge in [0.2, 0.25) is 0 Å². The topological polar surface area (TPSA) is 37.3 Å². The van der Waals surface area contributed by atoms with Gasteiger partial charge in [0.1, 0.15) is 0 Å². The largest absolute Gasteiger partial charge is 0.377 e. The Labute approximate surface area is 83.6 Å². The van der Waals surface area contributed by atoms with E-state index in [9.17, 15) is 9.90 Å². The molecule has 1 N–H and O–H groups in total. The van der Waals surface area contributed by atoms with Gasteiger partial charge in [-0.05, 0) is 31.2 Å². The predicted octanol–water partition coefficient (Wildman–Crippen LogP) is 1.87. The molecule has 1 aromatic rings. The van der Waals surface area contributed by atoms with Crippen LogP contribution in [0.1, 0.15) is 25.3 Å². The molecule has 2 nitrogen and oxygen atoms in total. The van der Waals surface area contributed by atoms with E-state index < -0.39 is 5.60 Å². The zero-order valence-corrected chi connectivity index (χ0v) is 8.23. The molecule has 1 aromatic carbocycles. The SMILES string of the molecule is CC(=O)C(O)(c1ccccc1)C1CC1. The summed E-state index contributed by atoms with van der Waals surface area (Å²) in [7, 11) is 0. The van der Waals surface area contributed by atoms with Gasteiger partial charge in [-0.1, -0.05) is 30.3 Å². The van der Waals surface area contributed by atoms with Crippen LogP contribution >= 0.6 is 0 Å². The van der Waals surface area contributed by atoms with Crippen molar-refractivity contribution in [2.45, 2.75) is 25.4 Å². The standard InChI is InChI=1S/C12H14O2/c1-9(13)12(14,11-7-8-11)10-5-3-2-4-6-10/h2-6,11,14H,7-8H2,1H3. The van der Waals surface area contributed by atoms with E-state index in [1.807, 2.05) is 30.3 Å². The smallest absolute Gasteiger partial charge is 0.166 e. The van der Waals surface area contributed by atoms with Gasteiger partial charge in [0, 0.05) is 0 Å². The summed E-state index contributed by atoms with van der Waals surface area (Å²) in [4.78, 5) is 11.5. The average molecular weight is 190 g/mol. The number of hydrogen-bond acceptors (Lipinski definition) is 2. The molecule has 1 aliphatic carbocycles. The summed E-state index contributed by atoms with van der Waals surface area (Å²) >= 11 is 0. The molecule has 0 heterocycles. The summed E-state index contributed by atoms with van der Waals surface area (Å²) in [5, 5.41) is 10.4. The molecule has 0 saturated heterocycles. The minimum absolute atomic E-state index is 0.127. The monoisotopic (exact) mass is 190 g/mol. The number of ketones is 1. The van der Waals surface area contributed by atoms with Crippen molar-refractivity contribution in [3.63, 3.8) is 0 Å². The first kappa shape index (κ1) is 9.41. The molecule has 0 aliphatic heterocycles. The second kappa shape index (κ2) is 3.21. The van der Waals surface area contributed by atoms with Crippen molar-refractivity contribution in [3.8, 4) is 0 Å². The second-order valence-electron chi connectivity index (χ2n) is 3.96. The fourth-order valence-corrected chi connectivity index (χ4v) is 1.92. The minimum Gasteiger partial charge on any atom is -0.377 e. The van der Waals surface area contributed by atoms with Crippen molar-refractivity contribution in [2.24, 2.45) is 5.92 Å². The van der Waals surface area contributed by atoms with Crippen LogP contribution in [0.15, 0.2) is 30.3 Å². The van der Waals surface area contributed by atoms with E-state index in [1.54, 1.807) is 0 Å². The first-order chi connectivity index (χ1) is 6.65. The third kappa shape index (κ3) is 1.36. The lowest BCUT2D eigenvalue weighted by molar-refractivity contribution is -0.138. The van der Waals surface area contributed by atoms with E-state index in [1.165, 1.54) is 6.92 Å². The van der Waals surface area contributed by atoms with Crippen molar-refractivity contribution >= 4 is 5.78 Å². The van der Waals surface area contributed by atoms with Gasteiger partial charge < -0.3 is 5.11 Å². The number of aliphatic hydroxyl groups is 1. The lowest BCUT2D eigenvalue weighted by atomic mass is 9.85. The lowest BCUT2D eigenvalue weighted by Crippen LogP contribution is -2.36. The Kier molecular flexibility index (Phi) is 2.16. The molecule has 1 saturated carbocycles. The molecule has 1 aliphatic rings. The van der Waals surface area contributed by atoms with Crippen LogP contribution in [0, 0.1) is 5.92 Å². The van der Waals surface area contributed by atoms with Crippen molar-refractivity contribution < 1.29 is 9.90 Å². The molecule has 74 valence electrons. The summed E-state index contributed by atoms with van der Waals surface area (Å²) in [5.41, 5.74) is -0.503. The Morgan fingerprint density at radius 2 is 1.93 bits per heavy atom. The number of rotatable bonds is 3. The Hall–Kier alpha value is -1.15. The second-order valence-corrected chi connectivity index (χ2v) is 3.96. The zero-order valence-electron chi connectivity index (χ0n) is 8.23. The van der Waals surface area contributed by atoms with E-state index >= 15 is 0 Å². The van der Waals surface area contributed by atoms with Crippen molar-refractivity contribution in [2.75, 3.05) is 0 Å². The summed E-state index contributed by atoms with van der Waals surface area (Å²) in [5.74, 6) is -0.0198. The van der Waals surface area contributed by atoms with Crippen LogP contribution in [-0.4, -0.2) is 10.9 Å². The quantitative estimate of drug-likeness (QED) is 0.790. The summed E-state index contributed by atoms with van der Waals surface area (Å²) in [6.07, 6.45) is 1.90. The van der Waals surface area contributed by atoms with Gasteiger partial charge in [-0.2, -0.15) is 0 Å². The summed E-state index contributed by atoms with van der Waals surface area (Å²) in [6.45, 7) is 1.46. The molecule has 1 fully saturated rings. The van der Waals surface area contributed by atoms with Crippen LogP contribution in [0.4, 0.5) is 0 Å². The fraction of sp³-hybridized carbons (Fsp3) is 0.417. The molecule has 2 heteroatoms. The first-order valence-corrected chi connectivity index (χ1v) is 4.94. The van der Waals surface area contributed by atoms with Crippen LogP contribution in [0.2, 0.25) is 0 Å². The van der Waals surface area contributed by atoms with Crippen LogP contribution in [0.25, 0.3) is 0 Å². The van der Waals surface area contributed by atoms with Gasteiger partial charge in [0.05, 0.1) is 0 Å². The molecule has 0 amide bonds. The molecule has 0 bridgehead atoms. The molecule has 2 rings (SSSR count). The van der Waals surface area contributed by atoms with Gasteiger partial charge in [-0.3, -0.25) is 4.79 Å². The van der Waals surface area contributed by atoms with E-state index in [-0.39, 0.29) is 11.7 Å². The highest BCUT2D eigenvalue weighted by molar-refractivity contribution is 5.86. The van der Waals surface area contributed by atoms with E-state index in [2.05, 4.69) is 0 Å². The Bertz CT molecular complexity index is 341. The van der Waals surface area contributed by atoms with E-state index in [4.69, 9.17) is 0 Å². The van der Waals surface area contributed by atoms with Crippen molar-refractivity contribution in [1.82, 2.24) is 0 Å². The van der Waals surface area contributed by atoms with E-state index in [0.29, 0.717) is 0 Å². The number of benzene rings is 1. The lowest BCUT2D eigenvalue weighted by Gasteiger charge is -2.25. The van der Waals surface area contributed by atoms with Crippen LogP contribution in [-0.2, 0) is 10.4 Å². The molecular weight excluding hydrogens is 176 g/mol. The highest BCUT2D eigenvalue weighted by atomic mass is 16.3. The molecule has 0 radical (unpaired) electrons. The Morgan fingerprint density at radius 1 is 1.36 bits per heavy atom. The third-order valence-corrected chi connectivity index (χ3v) is 2.92. The predicted molar refractivity (Wildman–Crippen MR) is 53.7 cm³/mol. The number of hydrogen-bond donors (Lipinski definition) is 1. The summed E-state index contributed by atoms with van der Waals surface area (Å²) < 4.78 is 0. The normalized spacial score (nSPS) is 20.1. The Morgan fingerprint density at radius 3 is 2.36 bits per heavy atom. The van der Waals surface area contributed by atoms with E-state index in [0.717, 1.165) is 18.4 Å². The van der Waals surface area contributed by atoms with Crippen LogP contribution < -0.4 is 0 Å². The van der Waals surface area contributed by atoms with Crippen molar-refractivity contribution in [1.29, 1.82) is 0 Å². The highest BCUT2D eigenvalue weighted by Crippen LogP contribution is 2.46. The molecule has 1 unspecified atom stereocenters. The average Bonchev–Trinajstić information content (AvgIpc) is 3.01. The molecule has 1 atom stereocenters. The van der Waals surface area contributed by atoms with Gasteiger partial charge in [-0.15, -0.1) is 0 Å². The third-order valence-electron chi connectivity index (χ3n) is 2.92. The van der Waals surface area contributed by atoms with Crippen molar-refractivity contribution in [3.05, 3.63) is 35.9 Å². The van der Waals surface area contributed by atoms with Gasteiger partial charge >= 0.3 is 0 Å². The van der Waals surface area contributed by atoms with Gasteiger partial charge in [-0.25, -0.2) is 0 Å². The zero-order chi connectivity index (χ0) is 10.2. The molecule has 14 heavy (non-hydrogen) atoms. The maximum absolute atomic E-state index is 11.5.